The molecular formula is C13H12FN3O3S. The average molecular weight is 309 g/mol. The molecule has 0 aliphatic carbocycles. The number of nitriles is 1. The molecule has 2 aromatic heterocycles. The van der Waals surface area contributed by atoms with Crippen molar-refractivity contribution in [1.82, 2.24) is 0 Å². The Labute approximate surface area is 124 Å². The molecule has 1 amide bonds. The lowest BCUT2D eigenvalue weighted by Gasteiger charge is -2.19. The average Bonchev–Trinajstić information content (AvgIpc) is 2.64. The molecule has 8 heteroatoms. The van der Waals surface area contributed by atoms with Crippen LogP contribution in [0.3, 0.4) is 0 Å². The molecule has 0 aromatic carbocycles. The first-order valence-electron chi connectivity index (χ1n) is 5.96. The standard InChI is InChI=1S/C13H12FN3O3S/c1-13(2,3)20-12(18)16-10-9(5-15)8-4-7(14)6-17(19)11(8)21-10/h4,6H,1-3H3,(H,16,18). The van der Waals surface area contributed by atoms with Crippen LogP contribution in [0, 0.1) is 22.4 Å². The Morgan fingerprint density at radius 2 is 2.24 bits per heavy atom. The van der Waals surface area contributed by atoms with Gasteiger partial charge in [0.2, 0.25) is 6.20 Å². The van der Waals surface area contributed by atoms with Gasteiger partial charge in [-0.3, -0.25) is 5.32 Å². The molecule has 0 atom stereocenters. The van der Waals surface area contributed by atoms with E-state index in [0.29, 0.717) is 4.73 Å². The number of halogens is 1. The summed E-state index contributed by atoms with van der Waals surface area (Å²) in [6.45, 7) is 5.09. The molecule has 1 N–H and O–H groups in total. The highest BCUT2D eigenvalue weighted by Gasteiger charge is 2.23. The van der Waals surface area contributed by atoms with Crippen LogP contribution in [0.15, 0.2) is 12.3 Å². The summed E-state index contributed by atoms with van der Waals surface area (Å²) in [6.07, 6.45) is 0.0144. The van der Waals surface area contributed by atoms with Crippen molar-refractivity contribution in [1.29, 1.82) is 5.26 Å². The highest BCUT2D eigenvalue weighted by molar-refractivity contribution is 7.22. The van der Waals surface area contributed by atoms with E-state index in [2.05, 4.69) is 5.32 Å². The van der Waals surface area contributed by atoms with Crippen LogP contribution in [-0.4, -0.2) is 11.7 Å². The number of aromatic nitrogens is 1. The van der Waals surface area contributed by atoms with Gasteiger partial charge in [0.05, 0.1) is 5.39 Å². The summed E-state index contributed by atoms with van der Waals surface area (Å²) in [4.78, 5) is 11.9. The largest absolute Gasteiger partial charge is 0.618 e. The summed E-state index contributed by atoms with van der Waals surface area (Å²) in [5, 5.41) is 23.5. The zero-order valence-electron chi connectivity index (χ0n) is 11.6. The fraction of sp³-hybridized carbons (Fsp3) is 0.308. The number of nitrogens with one attached hydrogen (secondary N) is 1. The summed E-state index contributed by atoms with van der Waals surface area (Å²) in [6, 6.07) is 2.94. The van der Waals surface area contributed by atoms with Gasteiger partial charge in [-0.1, -0.05) is 0 Å². The Kier molecular flexibility index (Phi) is 3.70. The van der Waals surface area contributed by atoms with E-state index in [1.54, 1.807) is 20.8 Å². The number of fused-ring (bicyclic) bond motifs is 1. The van der Waals surface area contributed by atoms with Crippen LogP contribution in [-0.2, 0) is 4.74 Å². The van der Waals surface area contributed by atoms with Gasteiger partial charge in [-0.25, -0.2) is 9.18 Å². The number of hydrogen-bond acceptors (Lipinski definition) is 5. The zero-order chi connectivity index (χ0) is 15.8. The van der Waals surface area contributed by atoms with Crippen molar-refractivity contribution in [3.8, 4) is 6.07 Å². The molecule has 0 aliphatic rings. The third kappa shape index (κ3) is 3.20. The van der Waals surface area contributed by atoms with Gasteiger partial charge in [-0.15, -0.1) is 0 Å². The second-order valence-electron chi connectivity index (χ2n) is 5.25. The molecule has 0 fully saturated rings. The predicted octanol–water partition coefficient (Wildman–Crippen LogP) is 2.89. The fourth-order valence-electron chi connectivity index (χ4n) is 1.67. The first-order valence-corrected chi connectivity index (χ1v) is 6.78. The van der Waals surface area contributed by atoms with Crippen molar-refractivity contribution >= 4 is 32.6 Å². The highest BCUT2D eigenvalue weighted by atomic mass is 32.1. The predicted molar refractivity (Wildman–Crippen MR) is 75.3 cm³/mol. The number of pyridine rings is 1. The molecule has 0 bridgehead atoms. The van der Waals surface area contributed by atoms with Crippen molar-refractivity contribution in [3.63, 3.8) is 0 Å². The molecule has 2 rings (SSSR count). The Hall–Kier alpha value is -2.40. The van der Waals surface area contributed by atoms with Gasteiger partial charge in [0.15, 0.2) is 5.82 Å². The summed E-state index contributed by atoms with van der Waals surface area (Å²) in [5.41, 5.74) is -0.664. The number of ether oxygens (including phenoxy) is 1. The summed E-state index contributed by atoms with van der Waals surface area (Å²) in [7, 11) is 0. The van der Waals surface area contributed by atoms with Crippen LogP contribution in [0.1, 0.15) is 26.3 Å². The van der Waals surface area contributed by atoms with Crippen LogP contribution < -0.4 is 10.0 Å². The van der Waals surface area contributed by atoms with Crippen molar-refractivity contribution in [2.45, 2.75) is 26.4 Å². The van der Waals surface area contributed by atoms with E-state index in [9.17, 15) is 14.4 Å². The minimum Gasteiger partial charge on any atom is -0.618 e. The number of carbonyl (C=O) groups excluding carboxylic acids is 1. The van der Waals surface area contributed by atoms with E-state index in [0.717, 1.165) is 23.6 Å². The SMILES string of the molecule is CC(C)(C)OC(=O)Nc1sc2c(cc(F)c[n+]2[O-])c1C#N. The topological polar surface area (TPSA) is 89.1 Å². The van der Waals surface area contributed by atoms with Crippen LogP contribution in [0.4, 0.5) is 14.2 Å². The van der Waals surface area contributed by atoms with Crippen molar-refractivity contribution in [2.24, 2.45) is 0 Å². The monoisotopic (exact) mass is 309 g/mol. The number of carbonyl (C=O) groups is 1. The second-order valence-corrected chi connectivity index (χ2v) is 6.25. The van der Waals surface area contributed by atoms with Crippen LogP contribution in [0.5, 0.6) is 0 Å². The Morgan fingerprint density at radius 1 is 1.57 bits per heavy atom. The molecule has 0 spiro atoms. The van der Waals surface area contributed by atoms with Gasteiger partial charge in [0.25, 0.3) is 4.83 Å². The minimum absolute atomic E-state index is 0.0324. The quantitative estimate of drug-likeness (QED) is 0.648. The number of hydrogen-bond donors (Lipinski definition) is 1. The third-order valence-corrected chi connectivity index (χ3v) is 3.48. The van der Waals surface area contributed by atoms with Crippen LogP contribution in [0.2, 0.25) is 0 Å². The van der Waals surface area contributed by atoms with Crippen LogP contribution in [0.25, 0.3) is 10.2 Å². The molecule has 21 heavy (non-hydrogen) atoms. The van der Waals surface area contributed by atoms with Gasteiger partial charge < -0.3 is 9.94 Å². The lowest BCUT2D eigenvalue weighted by atomic mass is 10.2. The van der Waals surface area contributed by atoms with Crippen molar-refractivity contribution in [2.75, 3.05) is 5.32 Å². The lowest BCUT2D eigenvalue weighted by molar-refractivity contribution is -0.576. The number of nitrogens with zero attached hydrogens (tertiary/aromatic N) is 2. The fourth-order valence-corrected chi connectivity index (χ4v) is 2.67. The number of anilines is 1. The van der Waals surface area contributed by atoms with E-state index in [4.69, 9.17) is 10.00 Å². The van der Waals surface area contributed by atoms with E-state index in [1.807, 2.05) is 6.07 Å². The molecule has 0 radical (unpaired) electrons. The van der Waals surface area contributed by atoms with Crippen LogP contribution >= 0.6 is 11.3 Å². The molecule has 0 saturated carbocycles. The second kappa shape index (κ2) is 5.18. The molecule has 2 aromatic rings. The molecule has 2 heterocycles. The molecule has 0 saturated heterocycles. The molecule has 110 valence electrons. The molecule has 6 nitrogen and oxygen atoms in total. The third-order valence-electron chi connectivity index (χ3n) is 2.37. The Morgan fingerprint density at radius 3 is 2.81 bits per heavy atom. The van der Waals surface area contributed by atoms with Gasteiger partial charge in [-0.2, -0.15) is 9.99 Å². The summed E-state index contributed by atoms with van der Waals surface area (Å²) >= 11 is 0.887. The lowest BCUT2D eigenvalue weighted by Crippen LogP contribution is -2.27. The van der Waals surface area contributed by atoms with Gasteiger partial charge in [-0.05, 0) is 38.2 Å². The smallest absolute Gasteiger partial charge is 0.412 e. The van der Waals surface area contributed by atoms with E-state index in [-0.39, 0.29) is 20.8 Å². The first-order chi connectivity index (χ1) is 9.71. The molecular weight excluding hydrogens is 297 g/mol. The Balaban J connectivity index is 2.44. The minimum atomic E-state index is -0.754. The summed E-state index contributed by atoms with van der Waals surface area (Å²) < 4.78 is 18.7. The Bertz CT molecular complexity index is 759. The van der Waals surface area contributed by atoms with E-state index >= 15 is 0 Å². The maximum atomic E-state index is 13.3. The molecule has 0 unspecified atom stereocenters. The summed E-state index contributed by atoms with van der Waals surface area (Å²) in [5.74, 6) is -0.754. The first kappa shape index (κ1) is 15.0. The van der Waals surface area contributed by atoms with E-state index in [1.165, 1.54) is 0 Å². The maximum Gasteiger partial charge on any atom is 0.412 e. The zero-order valence-corrected chi connectivity index (χ0v) is 12.4. The van der Waals surface area contributed by atoms with Gasteiger partial charge in [0.1, 0.15) is 22.2 Å². The maximum absolute atomic E-state index is 13.3. The van der Waals surface area contributed by atoms with Gasteiger partial charge in [0, 0.05) is 0 Å². The normalized spacial score (nSPS) is 11.2. The van der Waals surface area contributed by atoms with Crippen molar-refractivity contribution < 1.29 is 18.7 Å². The van der Waals surface area contributed by atoms with Crippen molar-refractivity contribution in [3.05, 3.63) is 28.9 Å². The van der Waals surface area contributed by atoms with Gasteiger partial charge >= 0.3 is 6.09 Å². The van der Waals surface area contributed by atoms with E-state index < -0.39 is 17.5 Å². The number of amides is 1. The number of rotatable bonds is 1. The number of thiophene rings is 1. The molecule has 0 aliphatic heterocycles. The highest BCUT2D eigenvalue weighted by Crippen LogP contribution is 2.33.